The molecule has 0 aliphatic carbocycles. The first-order valence-corrected chi connectivity index (χ1v) is 5.27. The van der Waals surface area contributed by atoms with Gasteiger partial charge in [0.25, 0.3) is 0 Å². The number of rotatable bonds is 2. The van der Waals surface area contributed by atoms with E-state index in [9.17, 15) is 9.59 Å². The number of hydrogen-bond acceptors (Lipinski definition) is 6. The maximum atomic E-state index is 10.3. The third kappa shape index (κ3) is 12.5. The predicted molar refractivity (Wildman–Crippen MR) is 65.2 cm³/mol. The molecule has 17 heavy (non-hydrogen) atoms. The quantitative estimate of drug-likeness (QED) is 0.222. The molecule has 1 amide bonds. The van der Waals surface area contributed by atoms with Gasteiger partial charge in [0.15, 0.2) is 0 Å². The average Bonchev–Trinajstić information content (AvgIpc) is 2.67. The second-order valence-corrected chi connectivity index (χ2v) is 3.05. The van der Waals surface area contributed by atoms with Crippen LogP contribution in [-0.4, -0.2) is 24.5 Å². The molecular weight excluding hydrogens is 224 g/mol. The maximum Gasteiger partial charge on any atom is 0.330 e. The fraction of sp³-hybridized carbons (Fsp3) is 0.600. The van der Waals surface area contributed by atoms with Crippen molar-refractivity contribution in [1.82, 2.24) is 10.9 Å². The van der Waals surface area contributed by atoms with E-state index in [1.807, 2.05) is 6.92 Å². The van der Waals surface area contributed by atoms with Gasteiger partial charge in [-0.05, 0) is 20.8 Å². The van der Waals surface area contributed by atoms with Crippen molar-refractivity contribution in [2.45, 2.75) is 33.2 Å². The van der Waals surface area contributed by atoms with E-state index >= 15 is 0 Å². The van der Waals surface area contributed by atoms with Crippen LogP contribution in [0.3, 0.4) is 0 Å². The summed E-state index contributed by atoms with van der Waals surface area (Å²) in [4.78, 5) is 20.6. The molecule has 7 nitrogen and oxygen atoms in total. The summed E-state index contributed by atoms with van der Waals surface area (Å²) in [5.41, 5.74) is 5.25. The van der Waals surface area contributed by atoms with Crippen LogP contribution in [0.5, 0.6) is 0 Å². The molecule has 1 aliphatic rings. The molecule has 1 rings (SSSR count). The van der Waals surface area contributed by atoms with Gasteiger partial charge in [-0.1, -0.05) is 6.08 Å². The molecule has 1 saturated heterocycles. The SMILES string of the molecule is C/C=C/C(=O)OCC.CC1CC(=O)NN1.NN. The molecule has 1 fully saturated rings. The van der Waals surface area contributed by atoms with Gasteiger partial charge in [0.1, 0.15) is 0 Å². The summed E-state index contributed by atoms with van der Waals surface area (Å²) >= 11 is 0. The molecule has 0 saturated carbocycles. The number of carbonyl (C=O) groups is 2. The Kier molecular flexibility index (Phi) is 13.3. The Morgan fingerprint density at radius 1 is 1.59 bits per heavy atom. The Hall–Kier alpha value is -1.44. The standard InChI is InChI=1S/C6H10O2.C4H8N2O.H4N2/c1-3-5-6(7)8-4-2;1-3-2-4(7)6-5-3;1-2/h3,5H,4H2,1-2H3;3,5H,2H2,1H3,(H,6,7);1-2H2/b5-3+;;. The average molecular weight is 246 g/mol. The molecule has 0 spiro atoms. The number of allylic oxidation sites excluding steroid dienone is 1. The number of amides is 1. The van der Waals surface area contributed by atoms with Gasteiger partial charge >= 0.3 is 5.97 Å². The highest BCUT2D eigenvalue weighted by molar-refractivity contribution is 5.81. The van der Waals surface area contributed by atoms with E-state index in [1.165, 1.54) is 6.08 Å². The number of hydrazine groups is 2. The number of hydrogen-bond donors (Lipinski definition) is 4. The number of nitrogens with two attached hydrogens (primary N) is 2. The molecule has 0 aromatic carbocycles. The highest BCUT2D eigenvalue weighted by atomic mass is 16.5. The Bertz CT molecular complexity index is 244. The van der Waals surface area contributed by atoms with Gasteiger partial charge in [-0.15, -0.1) is 0 Å². The van der Waals surface area contributed by atoms with E-state index < -0.39 is 0 Å². The minimum absolute atomic E-state index is 0.0903. The molecule has 100 valence electrons. The summed E-state index contributed by atoms with van der Waals surface area (Å²) in [6.07, 6.45) is 3.65. The molecule has 1 aliphatic heterocycles. The zero-order valence-corrected chi connectivity index (χ0v) is 10.5. The van der Waals surface area contributed by atoms with E-state index in [-0.39, 0.29) is 11.9 Å². The molecule has 0 bridgehead atoms. The maximum absolute atomic E-state index is 10.3. The smallest absolute Gasteiger partial charge is 0.330 e. The largest absolute Gasteiger partial charge is 0.463 e. The first-order chi connectivity index (χ1) is 8.10. The summed E-state index contributed by atoms with van der Waals surface area (Å²) < 4.78 is 4.56. The van der Waals surface area contributed by atoms with Gasteiger partial charge < -0.3 is 4.74 Å². The van der Waals surface area contributed by atoms with Gasteiger partial charge in [-0.2, -0.15) is 0 Å². The molecule has 0 aromatic rings. The summed E-state index contributed by atoms with van der Waals surface area (Å²) in [7, 11) is 0. The van der Waals surface area contributed by atoms with Crippen molar-refractivity contribution in [3.63, 3.8) is 0 Å². The zero-order chi connectivity index (χ0) is 13.7. The van der Waals surface area contributed by atoms with Crippen LogP contribution in [0.25, 0.3) is 0 Å². The van der Waals surface area contributed by atoms with Crippen LogP contribution in [0.4, 0.5) is 0 Å². The Morgan fingerprint density at radius 3 is 2.41 bits per heavy atom. The molecule has 0 radical (unpaired) electrons. The first kappa shape index (κ1) is 17.9. The fourth-order valence-corrected chi connectivity index (χ4v) is 0.910. The normalized spacial score (nSPS) is 17.5. The van der Waals surface area contributed by atoms with Crippen molar-refractivity contribution in [3.05, 3.63) is 12.2 Å². The lowest BCUT2D eigenvalue weighted by molar-refractivity contribution is -0.137. The molecule has 1 atom stereocenters. The van der Waals surface area contributed by atoms with Crippen molar-refractivity contribution in [2.24, 2.45) is 11.7 Å². The second-order valence-electron chi connectivity index (χ2n) is 3.05. The summed E-state index contributed by atoms with van der Waals surface area (Å²) in [6.45, 7) is 5.96. The minimum Gasteiger partial charge on any atom is -0.463 e. The molecule has 0 aromatic heterocycles. The zero-order valence-electron chi connectivity index (χ0n) is 10.5. The van der Waals surface area contributed by atoms with Crippen molar-refractivity contribution in [2.75, 3.05) is 6.61 Å². The summed E-state index contributed by atoms with van der Waals surface area (Å²) in [5, 5.41) is 0. The van der Waals surface area contributed by atoms with Crippen molar-refractivity contribution in [3.8, 4) is 0 Å². The van der Waals surface area contributed by atoms with Crippen molar-refractivity contribution in [1.29, 1.82) is 0 Å². The Labute approximate surface area is 101 Å². The monoisotopic (exact) mass is 246 g/mol. The van der Waals surface area contributed by atoms with E-state index in [2.05, 4.69) is 27.3 Å². The first-order valence-electron chi connectivity index (χ1n) is 5.27. The van der Waals surface area contributed by atoms with Gasteiger partial charge in [0, 0.05) is 18.5 Å². The lowest BCUT2D eigenvalue weighted by atomic mass is 10.3. The highest BCUT2D eigenvalue weighted by Crippen LogP contribution is 1.93. The second kappa shape index (κ2) is 12.6. The van der Waals surface area contributed by atoms with Crippen LogP contribution in [0.2, 0.25) is 0 Å². The Balaban J connectivity index is 0. The fourth-order valence-electron chi connectivity index (χ4n) is 0.910. The lowest BCUT2D eigenvalue weighted by Crippen LogP contribution is -2.29. The lowest BCUT2D eigenvalue weighted by Gasteiger charge is -1.93. The third-order valence-electron chi connectivity index (χ3n) is 1.54. The van der Waals surface area contributed by atoms with E-state index in [1.54, 1.807) is 19.9 Å². The highest BCUT2D eigenvalue weighted by Gasteiger charge is 2.14. The van der Waals surface area contributed by atoms with Gasteiger partial charge in [0.05, 0.1) is 6.61 Å². The molecule has 6 N–H and O–H groups in total. The van der Waals surface area contributed by atoms with E-state index in [0.29, 0.717) is 19.1 Å². The van der Waals surface area contributed by atoms with Crippen LogP contribution in [-0.2, 0) is 14.3 Å². The third-order valence-corrected chi connectivity index (χ3v) is 1.54. The number of ether oxygens (including phenoxy) is 1. The molecular formula is C10H22N4O3. The van der Waals surface area contributed by atoms with Crippen LogP contribution < -0.4 is 22.5 Å². The van der Waals surface area contributed by atoms with Crippen LogP contribution in [0.15, 0.2) is 12.2 Å². The Morgan fingerprint density at radius 2 is 2.18 bits per heavy atom. The van der Waals surface area contributed by atoms with Gasteiger partial charge in [0.2, 0.25) is 5.91 Å². The predicted octanol–water partition coefficient (Wildman–Crippen LogP) is -0.656. The van der Waals surface area contributed by atoms with Gasteiger partial charge in [-0.3, -0.25) is 21.9 Å². The van der Waals surface area contributed by atoms with E-state index in [4.69, 9.17) is 0 Å². The van der Waals surface area contributed by atoms with Crippen LogP contribution >= 0.6 is 0 Å². The van der Waals surface area contributed by atoms with Crippen LogP contribution in [0.1, 0.15) is 27.2 Å². The van der Waals surface area contributed by atoms with Gasteiger partial charge in [-0.25, -0.2) is 10.2 Å². The van der Waals surface area contributed by atoms with Crippen molar-refractivity contribution >= 4 is 11.9 Å². The molecule has 1 unspecified atom stereocenters. The number of esters is 1. The number of nitrogens with one attached hydrogen (secondary N) is 2. The summed E-state index contributed by atoms with van der Waals surface area (Å²) in [5.74, 6) is 7.82. The van der Waals surface area contributed by atoms with Crippen molar-refractivity contribution < 1.29 is 14.3 Å². The minimum atomic E-state index is -0.269. The topological polar surface area (TPSA) is 119 Å². The molecule has 1 heterocycles. The summed E-state index contributed by atoms with van der Waals surface area (Å²) in [6, 6.07) is 0.312. The van der Waals surface area contributed by atoms with E-state index in [0.717, 1.165) is 0 Å². The molecule has 7 heteroatoms. The number of carbonyl (C=O) groups excluding carboxylic acids is 2. The van der Waals surface area contributed by atoms with Crippen LogP contribution in [0, 0.1) is 0 Å².